The molecule has 1 atom stereocenters. The SMILES string of the molecule is CC(C)C1CCCN(CCCCCCNC2CC2)CC1. The minimum atomic E-state index is 0.883. The molecule has 1 heterocycles. The fourth-order valence-corrected chi connectivity index (χ4v) is 3.48. The van der Waals surface area contributed by atoms with Crippen LogP contribution in [-0.4, -0.2) is 37.1 Å². The van der Waals surface area contributed by atoms with Crippen molar-refractivity contribution in [2.75, 3.05) is 26.2 Å². The van der Waals surface area contributed by atoms with Gasteiger partial charge in [-0.05, 0) is 83.0 Å². The standard InChI is InChI=1S/C18H36N2/c1-16(2)17-8-7-14-20(15-11-17)13-6-4-3-5-12-19-18-9-10-18/h16-19H,3-15H2,1-2H3. The van der Waals surface area contributed by atoms with Crippen molar-refractivity contribution in [1.29, 1.82) is 0 Å². The lowest BCUT2D eigenvalue weighted by atomic mass is 9.89. The lowest BCUT2D eigenvalue weighted by Gasteiger charge is -2.21. The first-order chi connectivity index (χ1) is 9.75. The summed E-state index contributed by atoms with van der Waals surface area (Å²) in [5.74, 6) is 1.86. The van der Waals surface area contributed by atoms with Crippen molar-refractivity contribution in [3.05, 3.63) is 0 Å². The predicted octanol–water partition coefficient (Wildman–Crippen LogP) is 4.06. The second-order valence-corrected chi connectivity index (χ2v) is 7.42. The van der Waals surface area contributed by atoms with Gasteiger partial charge in [-0.2, -0.15) is 0 Å². The number of rotatable bonds is 9. The van der Waals surface area contributed by atoms with Crippen LogP contribution in [0.3, 0.4) is 0 Å². The lowest BCUT2D eigenvalue weighted by Crippen LogP contribution is -2.26. The van der Waals surface area contributed by atoms with Gasteiger partial charge in [0.15, 0.2) is 0 Å². The summed E-state index contributed by atoms with van der Waals surface area (Å²) in [6.07, 6.45) is 12.8. The Morgan fingerprint density at radius 3 is 2.50 bits per heavy atom. The van der Waals surface area contributed by atoms with Crippen LogP contribution in [0.15, 0.2) is 0 Å². The largest absolute Gasteiger partial charge is 0.314 e. The minimum absolute atomic E-state index is 0.883. The first kappa shape index (κ1) is 16.3. The van der Waals surface area contributed by atoms with Crippen molar-refractivity contribution >= 4 is 0 Å². The summed E-state index contributed by atoms with van der Waals surface area (Å²) in [7, 11) is 0. The molecule has 0 aromatic carbocycles. The van der Waals surface area contributed by atoms with Crippen LogP contribution < -0.4 is 5.32 Å². The molecular formula is C18H36N2. The van der Waals surface area contributed by atoms with Gasteiger partial charge in [-0.1, -0.05) is 26.7 Å². The highest BCUT2D eigenvalue weighted by molar-refractivity contribution is 4.80. The van der Waals surface area contributed by atoms with E-state index in [-0.39, 0.29) is 0 Å². The van der Waals surface area contributed by atoms with Gasteiger partial charge in [0.2, 0.25) is 0 Å². The molecule has 2 heteroatoms. The van der Waals surface area contributed by atoms with Crippen LogP contribution in [0.2, 0.25) is 0 Å². The lowest BCUT2D eigenvalue weighted by molar-refractivity contribution is 0.266. The molecule has 1 unspecified atom stereocenters. The van der Waals surface area contributed by atoms with Crippen molar-refractivity contribution in [2.45, 2.75) is 77.7 Å². The van der Waals surface area contributed by atoms with E-state index in [0.29, 0.717) is 0 Å². The summed E-state index contributed by atoms with van der Waals surface area (Å²) in [6, 6.07) is 0.890. The number of hydrogen-bond donors (Lipinski definition) is 1. The Morgan fingerprint density at radius 2 is 1.75 bits per heavy atom. The summed E-state index contributed by atoms with van der Waals surface area (Å²) in [4.78, 5) is 2.73. The van der Waals surface area contributed by atoms with E-state index < -0.39 is 0 Å². The Kier molecular flexibility index (Phi) is 7.37. The van der Waals surface area contributed by atoms with E-state index in [1.165, 1.54) is 84.0 Å². The number of nitrogens with one attached hydrogen (secondary N) is 1. The maximum absolute atomic E-state index is 3.61. The summed E-state index contributed by atoms with van der Waals surface area (Å²) in [5.41, 5.74) is 0. The number of hydrogen-bond acceptors (Lipinski definition) is 2. The highest BCUT2D eigenvalue weighted by Gasteiger charge is 2.20. The van der Waals surface area contributed by atoms with Crippen LogP contribution in [0.25, 0.3) is 0 Å². The fraction of sp³-hybridized carbons (Fsp3) is 1.00. The van der Waals surface area contributed by atoms with Crippen LogP contribution in [0, 0.1) is 11.8 Å². The molecule has 0 aromatic heterocycles. The summed E-state index contributed by atoms with van der Waals surface area (Å²) >= 11 is 0. The Hall–Kier alpha value is -0.0800. The van der Waals surface area contributed by atoms with E-state index in [9.17, 15) is 0 Å². The van der Waals surface area contributed by atoms with Gasteiger partial charge in [0.25, 0.3) is 0 Å². The molecule has 0 aromatic rings. The molecule has 1 aliphatic heterocycles. The number of unbranched alkanes of at least 4 members (excludes halogenated alkanes) is 3. The maximum atomic E-state index is 3.61. The van der Waals surface area contributed by atoms with Crippen molar-refractivity contribution in [3.8, 4) is 0 Å². The van der Waals surface area contributed by atoms with E-state index in [1.807, 2.05) is 0 Å². The van der Waals surface area contributed by atoms with Crippen LogP contribution in [0.4, 0.5) is 0 Å². The average Bonchev–Trinajstić information content (AvgIpc) is 3.24. The molecule has 0 radical (unpaired) electrons. The molecule has 1 aliphatic carbocycles. The van der Waals surface area contributed by atoms with E-state index in [0.717, 1.165) is 17.9 Å². The van der Waals surface area contributed by atoms with E-state index >= 15 is 0 Å². The molecule has 2 rings (SSSR count). The van der Waals surface area contributed by atoms with Gasteiger partial charge in [0.05, 0.1) is 0 Å². The zero-order chi connectivity index (χ0) is 14.2. The second kappa shape index (κ2) is 9.04. The van der Waals surface area contributed by atoms with E-state index in [2.05, 4.69) is 24.1 Å². The van der Waals surface area contributed by atoms with Gasteiger partial charge in [0, 0.05) is 6.04 Å². The first-order valence-corrected chi connectivity index (χ1v) is 9.21. The number of nitrogens with zero attached hydrogens (tertiary/aromatic N) is 1. The summed E-state index contributed by atoms with van der Waals surface area (Å²) in [6.45, 7) is 10.1. The first-order valence-electron chi connectivity index (χ1n) is 9.21. The van der Waals surface area contributed by atoms with Gasteiger partial charge in [-0.25, -0.2) is 0 Å². The Labute approximate surface area is 126 Å². The third-order valence-corrected chi connectivity index (χ3v) is 5.22. The van der Waals surface area contributed by atoms with E-state index in [4.69, 9.17) is 0 Å². The van der Waals surface area contributed by atoms with E-state index in [1.54, 1.807) is 0 Å². The third-order valence-electron chi connectivity index (χ3n) is 5.22. The molecule has 2 aliphatic rings. The topological polar surface area (TPSA) is 15.3 Å². The van der Waals surface area contributed by atoms with Gasteiger partial charge >= 0.3 is 0 Å². The van der Waals surface area contributed by atoms with Gasteiger partial charge in [0.1, 0.15) is 0 Å². The smallest absolute Gasteiger partial charge is 0.00682 e. The fourth-order valence-electron chi connectivity index (χ4n) is 3.48. The predicted molar refractivity (Wildman–Crippen MR) is 88.1 cm³/mol. The molecule has 1 saturated heterocycles. The van der Waals surface area contributed by atoms with Gasteiger partial charge < -0.3 is 10.2 Å². The van der Waals surface area contributed by atoms with Crippen molar-refractivity contribution in [3.63, 3.8) is 0 Å². The minimum Gasteiger partial charge on any atom is -0.314 e. The van der Waals surface area contributed by atoms with Crippen molar-refractivity contribution in [1.82, 2.24) is 10.2 Å². The highest BCUT2D eigenvalue weighted by atomic mass is 15.1. The van der Waals surface area contributed by atoms with Gasteiger partial charge in [-0.15, -0.1) is 0 Å². The normalized spacial score (nSPS) is 25.1. The quantitative estimate of drug-likeness (QED) is 0.641. The van der Waals surface area contributed by atoms with Crippen LogP contribution >= 0.6 is 0 Å². The molecule has 0 spiro atoms. The van der Waals surface area contributed by atoms with Crippen molar-refractivity contribution < 1.29 is 0 Å². The summed E-state index contributed by atoms with van der Waals surface area (Å²) in [5, 5.41) is 3.61. The van der Waals surface area contributed by atoms with Crippen molar-refractivity contribution in [2.24, 2.45) is 11.8 Å². The maximum Gasteiger partial charge on any atom is 0.00682 e. The Bertz CT molecular complexity index is 248. The van der Waals surface area contributed by atoms with Crippen LogP contribution in [0.1, 0.15) is 71.6 Å². The zero-order valence-corrected chi connectivity index (χ0v) is 13.9. The Balaban J connectivity index is 1.44. The molecule has 1 N–H and O–H groups in total. The average molecular weight is 280 g/mol. The van der Waals surface area contributed by atoms with Gasteiger partial charge in [-0.3, -0.25) is 0 Å². The molecule has 2 nitrogen and oxygen atoms in total. The summed E-state index contributed by atoms with van der Waals surface area (Å²) < 4.78 is 0. The third kappa shape index (κ3) is 6.58. The monoisotopic (exact) mass is 280 g/mol. The molecule has 0 bridgehead atoms. The zero-order valence-electron chi connectivity index (χ0n) is 13.9. The second-order valence-electron chi connectivity index (χ2n) is 7.42. The molecule has 20 heavy (non-hydrogen) atoms. The van der Waals surface area contributed by atoms with Crippen LogP contribution in [0.5, 0.6) is 0 Å². The molecule has 0 amide bonds. The van der Waals surface area contributed by atoms with Crippen LogP contribution in [-0.2, 0) is 0 Å². The Morgan fingerprint density at radius 1 is 0.950 bits per heavy atom. The molecule has 2 fully saturated rings. The molecule has 118 valence electrons. The highest BCUT2D eigenvalue weighted by Crippen LogP contribution is 2.24. The molecule has 1 saturated carbocycles. The molecular weight excluding hydrogens is 244 g/mol. The number of likely N-dealkylation sites (tertiary alicyclic amines) is 1.